The monoisotopic (exact) mass is 295 g/mol. The van der Waals surface area contributed by atoms with Crippen molar-refractivity contribution in [2.24, 2.45) is 4.99 Å². The molecule has 1 aromatic carbocycles. The van der Waals surface area contributed by atoms with Gasteiger partial charge in [0.2, 0.25) is 0 Å². The number of nitrogens with zero attached hydrogens (tertiary/aromatic N) is 4. The zero-order valence-corrected chi connectivity index (χ0v) is 12.6. The Morgan fingerprint density at radius 3 is 2.73 bits per heavy atom. The molecule has 5 nitrogen and oxygen atoms in total. The zero-order valence-electron chi connectivity index (χ0n) is 12.6. The zero-order chi connectivity index (χ0) is 14.9. The molecule has 1 atom stereocenters. The van der Waals surface area contributed by atoms with E-state index in [0.29, 0.717) is 0 Å². The van der Waals surface area contributed by atoms with Gasteiger partial charge in [0, 0.05) is 5.56 Å². The number of rotatable bonds is 1. The first-order valence-electron chi connectivity index (χ1n) is 7.66. The first-order chi connectivity index (χ1) is 10.8. The quantitative estimate of drug-likeness (QED) is 0.745. The molecule has 2 aliphatic heterocycles. The maximum Gasteiger partial charge on any atom is 0.394 e. The van der Waals surface area contributed by atoms with E-state index in [0.717, 1.165) is 38.0 Å². The lowest BCUT2D eigenvalue weighted by Crippen LogP contribution is -2.55. The number of hydrogen-bond donors (Lipinski definition) is 0. The van der Waals surface area contributed by atoms with E-state index in [1.54, 1.807) is 0 Å². The number of ether oxygens (including phenoxy) is 1. The van der Waals surface area contributed by atoms with E-state index in [1.807, 2.05) is 18.6 Å². The van der Waals surface area contributed by atoms with Gasteiger partial charge in [0.25, 0.3) is 0 Å². The van der Waals surface area contributed by atoms with Gasteiger partial charge in [-0.25, -0.2) is 0 Å². The Balaban J connectivity index is 1.75. The molecule has 0 N–H and O–H groups in total. The summed E-state index contributed by atoms with van der Waals surface area (Å²) < 4.78 is 7.61. The summed E-state index contributed by atoms with van der Waals surface area (Å²) in [7, 11) is 0. The molecule has 0 spiro atoms. The minimum absolute atomic E-state index is 0.0205. The summed E-state index contributed by atoms with van der Waals surface area (Å²) in [4.78, 5) is 11.6. The standard InChI is InChI=1S/C17H19N4O/c1-13-2-4-14(5-3-13)16-15-12-18-6-7-21(15)17(19-16)20-8-10-22-11-9-20/h2-7,12,16H,8-11H2,1H3/q+1. The van der Waals surface area contributed by atoms with Crippen molar-refractivity contribution in [3.05, 3.63) is 59.7 Å². The fourth-order valence-electron chi connectivity index (χ4n) is 2.99. The Hall–Kier alpha value is -2.27. The molecular formula is C17H19N4O+. The summed E-state index contributed by atoms with van der Waals surface area (Å²) in [5.41, 5.74) is 3.58. The fraction of sp³-hybridized carbons (Fsp3) is 0.353. The van der Waals surface area contributed by atoms with E-state index in [-0.39, 0.29) is 6.04 Å². The number of hydrogen-bond acceptors (Lipinski definition) is 4. The highest BCUT2D eigenvalue weighted by molar-refractivity contribution is 5.74. The Morgan fingerprint density at radius 1 is 1.18 bits per heavy atom. The third-order valence-electron chi connectivity index (χ3n) is 4.21. The van der Waals surface area contributed by atoms with Crippen LogP contribution in [0.25, 0.3) is 0 Å². The van der Waals surface area contributed by atoms with Crippen LogP contribution in [0.2, 0.25) is 0 Å². The lowest BCUT2D eigenvalue weighted by atomic mass is 10.0. The predicted molar refractivity (Wildman–Crippen MR) is 82.7 cm³/mol. The van der Waals surface area contributed by atoms with Crippen molar-refractivity contribution in [2.45, 2.75) is 13.0 Å². The van der Waals surface area contributed by atoms with Gasteiger partial charge >= 0.3 is 5.96 Å². The van der Waals surface area contributed by atoms with Gasteiger partial charge in [-0.3, -0.25) is 9.88 Å². The highest BCUT2D eigenvalue weighted by Crippen LogP contribution is 2.27. The van der Waals surface area contributed by atoms with Crippen LogP contribution >= 0.6 is 0 Å². The van der Waals surface area contributed by atoms with Gasteiger partial charge in [0.05, 0.1) is 44.9 Å². The van der Waals surface area contributed by atoms with Crippen LogP contribution < -0.4 is 4.57 Å². The highest BCUT2D eigenvalue weighted by Gasteiger charge is 2.38. The smallest absolute Gasteiger partial charge is 0.375 e. The van der Waals surface area contributed by atoms with Crippen molar-refractivity contribution in [1.82, 2.24) is 9.88 Å². The van der Waals surface area contributed by atoms with E-state index in [1.165, 1.54) is 11.1 Å². The average Bonchev–Trinajstić information content (AvgIpc) is 2.96. The second kappa shape index (κ2) is 5.50. The molecule has 3 heterocycles. The lowest BCUT2D eigenvalue weighted by Gasteiger charge is -2.22. The third-order valence-corrected chi connectivity index (χ3v) is 4.21. The van der Waals surface area contributed by atoms with Crippen LogP contribution in [0, 0.1) is 6.92 Å². The normalized spacial score (nSPS) is 20.7. The molecule has 112 valence electrons. The van der Waals surface area contributed by atoms with Crippen LogP contribution in [0.4, 0.5) is 0 Å². The Kier molecular flexibility index (Phi) is 3.35. The average molecular weight is 295 g/mol. The number of aromatic nitrogens is 2. The van der Waals surface area contributed by atoms with Crippen LogP contribution in [0.5, 0.6) is 0 Å². The molecule has 2 aromatic rings. The third kappa shape index (κ3) is 2.27. The number of fused-ring (bicyclic) bond motifs is 1. The summed E-state index contributed by atoms with van der Waals surface area (Å²) in [6, 6.07) is 8.61. The van der Waals surface area contributed by atoms with Crippen molar-refractivity contribution in [3.8, 4) is 0 Å². The molecule has 0 amide bonds. The number of morpholine rings is 1. The number of benzene rings is 1. The first-order valence-corrected chi connectivity index (χ1v) is 7.66. The van der Waals surface area contributed by atoms with E-state index < -0.39 is 0 Å². The van der Waals surface area contributed by atoms with Crippen molar-refractivity contribution in [1.29, 1.82) is 0 Å². The van der Waals surface area contributed by atoms with Crippen LogP contribution in [-0.4, -0.2) is 42.1 Å². The molecular weight excluding hydrogens is 276 g/mol. The molecule has 4 rings (SSSR count). The fourth-order valence-corrected chi connectivity index (χ4v) is 2.99. The summed E-state index contributed by atoms with van der Waals surface area (Å²) in [6.45, 7) is 5.39. The van der Waals surface area contributed by atoms with Crippen LogP contribution in [0.15, 0.2) is 47.8 Å². The van der Waals surface area contributed by atoms with E-state index in [4.69, 9.17) is 9.73 Å². The largest absolute Gasteiger partial charge is 0.394 e. The maximum atomic E-state index is 5.45. The van der Waals surface area contributed by atoms with Gasteiger partial charge in [0.15, 0.2) is 6.04 Å². The molecule has 1 unspecified atom stereocenters. The van der Waals surface area contributed by atoms with Crippen molar-refractivity contribution in [3.63, 3.8) is 0 Å². The Labute approximate surface area is 129 Å². The summed E-state index contributed by atoms with van der Waals surface area (Å²) in [5, 5.41) is 0. The van der Waals surface area contributed by atoms with Crippen molar-refractivity contribution in [2.75, 3.05) is 26.3 Å². The number of aliphatic imine (C=N–C) groups is 1. The van der Waals surface area contributed by atoms with Crippen LogP contribution in [0.3, 0.4) is 0 Å². The first kappa shape index (κ1) is 13.4. The minimum Gasteiger partial charge on any atom is -0.375 e. The van der Waals surface area contributed by atoms with E-state index in [9.17, 15) is 0 Å². The van der Waals surface area contributed by atoms with Crippen LogP contribution in [-0.2, 0) is 4.74 Å². The topological polar surface area (TPSA) is 41.6 Å². The molecule has 5 heteroatoms. The predicted octanol–water partition coefficient (Wildman–Crippen LogP) is 1.32. The minimum atomic E-state index is 0.0205. The second-order valence-electron chi connectivity index (χ2n) is 5.71. The Morgan fingerprint density at radius 2 is 1.95 bits per heavy atom. The molecule has 1 fully saturated rings. The molecule has 0 bridgehead atoms. The van der Waals surface area contributed by atoms with Gasteiger partial charge in [0.1, 0.15) is 5.69 Å². The molecule has 22 heavy (non-hydrogen) atoms. The van der Waals surface area contributed by atoms with Crippen LogP contribution in [0.1, 0.15) is 22.9 Å². The SMILES string of the molecule is Cc1ccc(C2N=C(N3CCOCC3)[n+]3ccncc32)cc1. The molecule has 0 saturated carbocycles. The molecule has 0 aliphatic carbocycles. The summed E-state index contributed by atoms with van der Waals surface area (Å²) >= 11 is 0. The van der Waals surface area contributed by atoms with Gasteiger partial charge in [-0.15, -0.1) is 0 Å². The Bertz CT molecular complexity index is 705. The molecule has 2 aliphatic rings. The summed E-state index contributed by atoms with van der Waals surface area (Å²) in [5.74, 6) is 1.01. The highest BCUT2D eigenvalue weighted by atomic mass is 16.5. The van der Waals surface area contributed by atoms with Crippen molar-refractivity contribution < 1.29 is 9.30 Å². The maximum absolute atomic E-state index is 5.45. The van der Waals surface area contributed by atoms with Gasteiger partial charge in [-0.1, -0.05) is 34.8 Å². The molecule has 1 aromatic heterocycles. The van der Waals surface area contributed by atoms with Gasteiger partial charge in [-0.2, -0.15) is 4.57 Å². The molecule has 0 radical (unpaired) electrons. The van der Waals surface area contributed by atoms with Gasteiger partial charge < -0.3 is 4.74 Å². The number of aryl methyl sites for hydroxylation is 1. The lowest BCUT2D eigenvalue weighted by molar-refractivity contribution is -0.569. The van der Waals surface area contributed by atoms with Gasteiger partial charge in [-0.05, 0) is 6.92 Å². The second-order valence-corrected chi connectivity index (χ2v) is 5.71. The van der Waals surface area contributed by atoms with E-state index in [2.05, 4.69) is 45.6 Å². The van der Waals surface area contributed by atoms with E-state index >= 15 is 0 Å². The summed E-state index contributed by atoms with van der Waals surface area (Å²) in [6.07, 6.45) is 5.73. The molecule has 1 saturated heterocycles. The van der Waals surface area contributed by atoms with Crippen molar-refractivity contribution >= 4 is 5.96 Å².